The molecule has 1 unspecified atom stereocenters. The van der Waals surface area contributed by atoms with Crippen LogP contribution in [0.15, 0.2) is 18.2 Å². The Labute approximate surface area is 110 Å². The Morgan fingerprint density at radius 3 is 3.11 bits per heavy atom. The van der Waals surface area contributed by atoms with Gasteiger partial charge in [0.25, 0.3) is 5.91 Å². The highest BCUT2D eigenvalue weighted by Crippen LogP contribution is 2.22. The average molecular weight is 266 g/mol. The number of hydrogen-bond donors (Lipinski definition) is 2. The third-order valence-electron chi connectivity index (χ3n) is 2.98. The Balaban J connectivity index is 2.00. The largest absolute Gasteiger partial charge is 0.385 e. The number of anilines is 1. The van der Waals surface area contributed by atoms with E-state index in [-0.39, 0.29) is 5.91 Å². The number of amides is 1. The van der Waals surface area contributed by atoms with Crippen LogP contribution in [0.5, 0.6) is 0 Å². The molecule has 0 spiro atoms. The van der Waals surface area contributed by atoms with E-state index in [0.717, 1.165) is 25.1 Å². The molecular weight excluding hydrogens is 248 g/mol. The molecule has 0 bridgehead atoms. The standard InChI is InChI=1S/C13H18N2O2S/c1-18(17)8-7-15-13(16)11-4-5-12-10(9-11)3-2-6-14-12/h4-5,9,14H,2-3,6-8H2,1H3,(H,15,16). The van der Waals surface area contributed by atoms with Crippen LogP contribution in [-0.2, 0) is 17.2 Å². The van der Waals surface area contributed by atoms with Gasteiger partial charge in [-0.3, -0.25) is 9.00 Å². The molecule has 98 valence electrons. The Morgan fingerprint density at radius 1 is 1.50 bits per heavy atom. The lowest BCUT2D eigenvalue weighted by atomic mass is 10.0. The van der Waals surface area contributed by atoms with Crippen LogP contribution < -0.4 is 10.6 Å². The van der Waals surface area contributed by atoms with Crippen LogP contribution in [0.4, 0.5) is 5.69 Å². The second kappa shape index (κ2) is 6.00. The van der Waals surface area contributed by atoms with Crippen LogP contribution >= 0.6 is 0 Å². The molecule has 1 aliphatic heterocycles. The molecular formula is C13H18N2O2S. The molecule has 18 heavy (non-hydrogen) atoms. The van der Waals surface area contributed by atoms with Gasteiger partial charge in [-0.25, -0.2) is 0 Å². The van der Waals surface area contributed by atoms with E-state index >= 15 is 0 Å². The maximum Gasteiger partial charge on any atom is 0.251 e. The molecule has 2 rings (SSSR count). The highest BCUT2D eigenvalue weighted by Gasteiger charge is 2.12. The van der Waals surface area contributed by atoms with E-state index < -0.39 is 10.8 Å². The number of benzene rings is 1. The SMILES string of the molecule is CS(=O)CCNC(=O)c1ccc2c(c1)CCCN2. The van der Waals surface area contributed by atoms with Crippen LogP contribution in [-0.4, -0.2) is 35.2 Å². The lowest BCUT2D eigenvalue weighted by Crippen LogP contribution is -2.27. The molecule has 0 saturated carbocycles. The topological polar surface area (TPSA) is 58.2 Å². The predicted molar refractivity (Wildman–Crippen MR) is 74.5 cm³/mol. The van der Waals surface area contributed by atoms with E-state index in [1.807, 2.05) is 18.2 Å². The third kappa shape index (κ3) is 3.32. The highest BCUT2D eigenvalue weighted by molar-refractivity contribution is 7.84. The number of carbonyl (C=O) groups is 1. The van der Waals surface area contributed by atoms with Crippen LogP contribution in [0, 0.1) is 0 Å². The van der Waals surface area contributed by atoms with Crippen molar-refractivity contribution >= 4 is 22.4 Å². The Hall–Kier alpha value is -1.36. The first-order valence-electron chi connectivity index (χ1n) is 6.12. The summed E-state index contributed by atoms with van der Waals surface area (Å²) in [5, 5.41) is 6.10. The van der Waals surface area contributed by atoms with Gasteiger partial charge in [0.05, 0.1) is 0 Å². The first-order valence-corrected chi connectivity index (χ1v) is 7.84. The van der Waals surface area contributed by atoms with Crippen molar-refractivity contribution in [2.75, 3.05) is 30.4 Å². The summed E-state index contributed by atoms with van der Waals surface area (Å²) in [5.41, 5.74) is 3.01. The van der Waals surface area contributed by atoms with Gasteiger partial charge in [0.1, 0.15) is 0 Å². The summed E-state index contributed by atoms with van der Waals surface area (Å²) < 4.78 is 10.9. The number of aryl methyl sites for hydroxylation is 1. The zero-order valence-electron chi connectivity index (χ0n) is 10.5. The van der Waals surface area contributed by atoms with Gasteiger partial charge in [0.15, 0.2) is 0 Å². The Kier molecular flexibility index (Phi) is 4.36. The molecule has 4 nitrogen and oxygen atoms in total. The van der Waals surface area contributed by atoms with E-state index in [1.165, 1.54) is 5.56 Å². The van der Waals surface area contributed by atoms with Gasteiger partial charge in [-0.05, 0) is 36.6 Å². The Morgan fingerprint density at radius 2 is 2.33 bits per heavy atom. The average Bonchev–Trinajstić information content (AvgIpc) is 2.37. The van der Waals surface area contributed by atoms with Crippen molar-refractivity contribution in [2.45, 2.75) is 12.8 Å². The smallest absolute Gasteiger partial charge is 0.251 e. The fraction of sp³-hybridized carbons (Fsp3) is 0.462. The molecule has 1 amide bonds. The summed E-state index contributed by atoms with van der Waals surface area (Å²) in [5.74, 6) is 0.409. The maximum atomic E-state index is 11.9. The molecule has 1 heterocycles. The van der Waals surface area contributed by atoms with Crippen molar-refractivity contribution < 1.29 is 9.00 Å². The first-order chi connectivity index (χ1) is 8.66. The van der Waals surface area contributed by atoms with Crippen molar-refractivity contribution in [2.24, 2.45) is 0 Å². The van der Waals surface area contributed by atoms with Gasteiger partial charge in [0.2, 0.25) is 0 Å². The summed E-state index contributed by atoms with van der Waals surface area (Å²) in [4.78, 5) is 11.9. The minimum Gasteiger partial charge on any atom is -0.385 e. The molecule has 0 saturated heterocycles. The molecule has 1 aliphatic rings. The molecule has 2 N–H and O–H groups in total. The number of rotatable bonds is 4. The minimum absolute atomic E-state index is 0.0891. The van der Waals surface area contributed by atoms with Gasteiger partial charge in [0, 0.05) is 47.1 Å². The lowest BCUT2D eigenvalue weighted by Gasteiger charge is -2.18. The normalized spacial score (nSPS) is 15.4. The van der Waals surface area contributed by atoms with Gasteiger partial charge in [-0.2, -0.15) is 0 Å². The van der Waals surface area contributed by atoms with Crippen molar-refractivity contribution in [3.8, 4) is 0 Å². The van der Waals surface area contributed by atoms with Crippen molar-refractivity contribution in [3.63, 3.8) is 0 Å². The summed E-state index contributed by atoms with van der Waals surface area (Å²) >= 11 is 0. The number of fused-ring (bicyclic) bond motifs is 1. The second-order valence-corrected chi connectivity index (χ2v) is 5.99. The molecule has 0 aromatic heterocycles. The molecule has 5 heteroatoms. The Bertz CT molecular complexity index is 474. The van der Waals surface area contributed by atoms with Crippen molar-refractivity contribution in [3.05, 3.63) is 29.3 Å². The fourth-order valence-electron chi connectivity index (χ4n) is 2.03. The fourth-order valence-corrected chi connectivity index (χ4v) is 2.42. The van der Waals surface area contributed by atoms with Crippen LogP contribution in [0.1, 0.15) is 22.3 Å². The summed E-state index contributed by atoms with van der Waals surface area (Å²) in [7, 11) is -0.865. The minimum atomic E-state index is -0.865. The van der Waals surface area contributed by atoms with E-state index in [0.29, 0.717) is 17.9 Å². The van der Waals surface area contributed by atoms with E-state index in [2.05, 4.69) is 10.6 Å². The van der Waals surface area contributed by atoms with Crippen molar-refractivity contribution in [1.82, 2.24) is 5.32 Å². The predicted octanol–water partition coefficient (Wildman–Crippen LogP) is 1.15. The lowest BCUT2D eigenvalue weighted by molar-refractivity contribution is 0.0956. The zero-order valence-corrected chi connectivity index (χ0v) is 11.3. The third-order valence-corrected chi connectivity index (χ3v) is 3.76. The zero-order chi connectivity index (χ0) is 13.0. The van der Waals surface area contributed by atoms with E-state index in [9.17, 15) is 9.00 Å². The van der Waals surface area contributed by atoms with Crippen LogP contribution in [0.3, 0.4) is 0 Å². The maximum absolute atomic E-state index is 11.9. The molecule has 1 aromatic carbocycles. The van der Waals surface area contributed by atoms with Gasteiger partial charge < -0.3 is 10.6 Å². The quantitative estimate of drug-likeness (QED) is 0.859. The molecule has 0 fully saturated rings. The van der Waals surface area contributed by atoms with Crippen molar-refractivity contribution in [1.29, 1.82) is 0 Å². The first kappa shape index (κ1) is 13.1. The van der Waals surface area contributed by atoms with E-state index in [4.69, 9.17) is 0 Å². The molecule has 0 aliphatic carbocycles. The van der Waals surface area contributed by atoms with Gasteiger partial charge in [-0.1, -0.05) is 0 Å². The van der Waals surface area contributed by atoms with Crippen LogP contribution in [0.25, 0.3) is 0 Å². The highest BCUT2D eigenvalue weighted by atomic mass is 32.2. The monoisotopic (exact) mass is 266 g/mol. The van der Waals surface area contributed by atoms with Crippen LogP contribution in [0.2, 0.25) is 0 Å². The molecule has 0 radical (unpaired) electrons. The van der Waals surface area contributed by atoms with Gasteiger partial charge >= 0.3 is 0 Å². The summed E-state index contributed by atoms with van der Waals surface area (Å²) in [6.45, 7) is 1.46. The second-order valence-electron chi connectivity index (χ2n) is 4.44. The number of carbonyl (C=O) groups excluding carboxylic acids is 1. The molecule has 1 aromatic rings. The van der Waals surface area contributed by atoms with Gasteiger partial charge in [-0.15, -0.1) is 0 Å². The summed E-state index contributed by atoms with van der Waals surface area (Å²) in [6.07, 6.45) is 3.76. The summed E-state index contributed by atoms with van der Waals surface area (Å²) in [6, 6.07) is 5.73. The number of nitrogens with one attached hydrogen (secondary N) is 2. The van der Waals surface area contributed by atoms with E-state index in [1.54, 1.807) is 6.26 Å². The molecule has 1 atom stereocenters. The number of hydrogen-bond acceptors (Lipinski definition) is 3.